The molecule has 3 rings (SSSR count). The van der Waals surface area contributed by atoms with Gasteiger partial charge in [-0.25, -0.2) is 0 Å². The lowest BCUT2D eigenvalue weighted by Gasteiger charge is -2.24. The van der Waals surface area contributed by atoms with Crippen molar-refractivity contribution in [1.82, 2.24) is 4.90 Å². The number of allylic oxidation sites excluding steroid dienone is 9. The van der Waals surface area contributed by atoms with Gasteiger partial charge in [-0.2, -0.15) is 0 Å². The highest BCUT2D eigenvalue weighted by molar-refractivity contribution is 5.88. The summed E-state index contributed by atoms with van der Waals surface area (Å²) < 4.78 is 5.71. The molecule has 0 radical (unpaired) electrons. The number of ether oxygens (including phenoxy) is 1. The predicted octanol–water partition coefficient (Wildman–Crippen LogP) is 7.85. The van der Waals surface area contributed by atoms with Crippen LogP contribution in [0.2, 0.25) is 0 Å². The van der Waals surface area contributed by atoms with Crippen LogP contribution >= 0.6 is 0 Å². The topological polar surface area (TPSA) is 24.8 Å². The second-order valence-corrected chi connectivity index (χ2v) is 8.97. The monoisotopic (exact) mass is 480 g/mol. The highest BCUT2D eigenvalue weighted by Gasteiger charge is 2.14. The van der Waals surface area contributed by atoms with Gasteiger partial charge >= 0.3 is 0 Å². The van der Waals surface area contributed by atoms with Crippen molar-refractivity contribution in [3.8, 4) is 5.75 Å². The average Bonchev–Trinajstić information content (AvgIpc) is 3.20. The van der Waals surface area contributed by atoms with Crippen LogP contribution in [0.15, 0.2) is 113 Å². The fourth-order valence-corrected chi connectivity index (χ4v) is 4.45. The lowest BCUT2D eigenvalue weighted by atomic mass is 9.99. The van der Waals surface area contributed by atoms with E-state index in [9.17, 15) is 0 Å². The number of rotatable bonds is 13. The average molecular weight is 481 g/mol. The molecule has 3 nitrogen and oxygen atoms in total. The Morgan fingerprint density at radius 3 is 2.78 bits per heavy atom. The number of likely N-dealkylation sites (N-methyl/N-ethyl adjacent to an activating group) is 1. The van der Waals surface area contributed by atoms with Gasteiger partial charge in [0.15, 0.2) is 0 Å². The first-order chi connectivity index (χ1) is 17.6. The molecule has 36 heavy (non-hydrogen) atoms. The fraction of sp³-hybridized carbons (Fsp3) is 0.333. The summed E-state index contributed by atoms with van der Waals surface area (Å²) in [6.45, 7) is 17.4. The minimum Gasteiger partial charge on any atom is -0.493 e. The summed E-state index contributed by atoms with van der Waals surface area (Å²) in [6, 6.07) is 6.57. The third-order valence-corrected chi connectivity index (χ3v) is 6.51. The Kier molecular flexibility index (Phi) is 10.6. The quantitative estimate of drug-likeness (QED) is 0.163. The van der Waals surface area contributed by atoms with Crippen LogP contribution < -0.4 is 4.74 Å². The highest BCUT2D eigenvalue weighted by atomic mass is 16.5. The normalized spacial score (nSPS) is 15.3. The summed E-state index contributed by atoms with van der Waals surface area (Å²) in [5.74, 6) is 1.02. The van der Waals surface area contributed by atoms with E-state index in [0.29, 0.717) is 0 Å². The van der Waals surface area contributed by atoms with Crippen molar-refractivity contribution in [1.29, 1.82) is 0 Å². The molecule has 1 aliphatic heterocycles. The standard InChI is InChI=1S/C33H40N2O/c1-6-14-29(26(5)35(8-3)9-4)25-31(7-2)34-32(19-17-27-15-12-10-11-13-16-27)24-28-18-20-33-30(23-28)21-22-36-33/h6,10-12,14-16,18,20,23,25H,1,5,7-9,17,19,21-22,24H2,2-4H3/b29-14+,31-25+,34-32?. The molecule has 188 valence electrons. The van der Waals surface area contributed by atoms with E-state index < -0.39 is 0 Å². The maximum absolute atomic E-state index is 5.71. The third kappa shape index (κ3) is 7.73. The van der Waals surface area contributed by atoms with Crippen molar-refractivity contribution >= 4 is 5.71 Å². The lowest BCUT2D eigenvalue weighted by Crippen LogP contribution is -2.22. The summed E-state index contributed by atoms with van der Waals surface area (Å²) in [7, 11) is 0. The Bertz CT molecular complexity index is 1160. The second kappa shape index (κ2) is 14.1. The highest BCUT2D eigenvalue weighted by Crippen LogP contribution is 2.27. The summed E-state index contributed by atoms with van der Waals surface area (Å²) >= 11 is 0. The summed E-state index contributed by atoms with van der Waals surface area (Å²) in [5.41, 5.74) is 11.4. The molecule has 1 aromatic carbocycles. The van der Waals surface area contributed by atoms with Crippen molar-refractivity contribution in [2.45, 2.75) is 52.9 Å². The molecule has 0 spiro atoms. The summed E-state index contributed by atoms with van der Waals surface area (Å²) in [6.07, 6.45) is 20.8. The molecule has 0 fully saturated rings. The Labute approximate surface area is 218 Å². The number of hydrogen-bond acceptors (Lipinski definition) is 3. The number of aliphatic imine (C=N–C) groups is 1. The van der Waals surface area contributed by atoms with E-state index in [1.54, 1.807) is 0 Å². The van der Waals surface area contributed by atoms with E-state index in [4.69, 9.17) is 9.73 Å². The molecular weight excluding hydrogens is 440 g/mol. The Hall–Kier alpha value is -3.55. The number of nitrogens with zero attached hydrogens (tertiary/aromatic N) is 2. The molecule has 0 atom stereocenters. The molecule has 3 heteroatoms. The molecule has 2 aliphatic rings. The van der Waals surface area contributed by atoms with Gasteiger partial charge in [0.05, 0.1) is 6.61 Å². The number of hydrogen-bond donors (Lipinski definition) is 0. The van der Waals surface area contributed by atoms with E-state index in [1.807, 2.05) is 24.3 Å². The van der Waals surface area contributed by atoms with Crippen LogP contribution in [0.4, 0.5) is 0 Å². The smallest absolute Gasteiger partial charge is 0.122 e. The maximum atomic E-state index is 5.71. The Morgan fingerprint density at radius 1 is 1.19 bits per heavy atom. The van der Waals surface area contributed by atoms with Gasteiger partial charge in [-0.1, -0.05) is 62.6 Å². The minimum absolute atomic E-state index is 0.777. The van der Waals surface area contributed by atoms with Gasteiger partial charge in [0.25, 0.3) is 0 Å². The van der Waals surface area contributed by atoms with Crippen LogP contribution in [-0.4, -0.2) is 30.3 Å². The third-order valence-electron chi connectivity index (χ3n) is 6.51. The van der Waals surface area contributed by atoms with E-state index in [1.165, 1.54) is 22.4 Å². The maximum Gasteiger partial charge on any atom is 0.122 e. The zero-order valence-corrected chi connectivity index (χ0v) is 22.2. The van der Waals surface area contributed by atoms with Crippen LogP contribution in [-0.2, 0) is 12.8 Å². The largest absolute Gasteiger partial charge is 0.493 e. The van der Waals surface area contributed by atoms with E-state index >= 15 is 0 Å². The molecule has 0 aromatic heterocycles. The van der Waals surface area contributed by atoms with Gasteiger partial charge in [0, 0.05) is 43.0 Å². The van der Waals surface area contributed by atoms with Gasteiger partial charge in [-0.15, -0.1) is 5.73 Å². The number of benzene rings is 1. The summed E-state index contributed by atoms with van der Waals surface area (Å²) in [5, 5.41) is 0. The van der Waals surface area contributed by atoms with Crippen molar-refractivity contribution in [3.05, 3.63) is 119 Å². The molecule has 0 unspecified atom stereocenters. The van der Waals surface area contributed by atoms with Crippen LogP contribution in [0.5, 0.6) is 5.75 Å². The Balaban J connectivity index is 1.91. The number of fused-ring (bicyclic) bond motifs is 1. The molecule has 0 amide bonds. The Morgan fingerprint density at radius 2 is 2.03 bits per heavy atom. The minimum atomic E-state index is 0.777. The zero-order chi connectivity index (χ0) is 25.8. The van der Waals surface area contributed by atoms with E-state index in [2.05, 4.69) is 87.1 Å². The second-order valence-electron chi connectivity index (χ2n) is 8.97. The molecular formula is C33H40N2O. The van der Waals surface area contributed by atoms with Gasteiger partial charge in [-0.3, -0.25) is 4.99 Å². The molecule has 0 bridgehead atoms. The first kappa shape index (κ1) is 27.0. The zero-order valence-electron chi connectivity index (χ0n) is 22.2. The first-order valence-electron chi connectivity index (χ1n) is 13.1. The van der Waals surface area contributed by atoms with Crippen LogP contribution in [0.3, 0.4) is 0 Å². The predicted molar refractivity (Wildman–Crippen MR) is 155 cm³/mol. The molecule has 0 saturated heterocycles. The molecule has 1 aliphatic carbocycles. The van der Waals surface area contributed by atoms with Crippen molar-refractivity contribution in [3.63, 3.8) is 0 Å². The molecule has 1 heterocycles. The molecule has 1 aromatic rings. The van der Waals surface area contributed by atoms with E-state index in [-0.39, 0.29) is 0 Å². The lowest BCUT2D eigenvalue weighted by molar-refractivity contribution is 0.357. The van der Waals surface area contributed by atoms with Crippen molar-refractivity contribution < 1.29 is 4.74 Å². The van der Waals surface area contributed by atoms with Gasteiger partial charge in [0.2, 0.25) is 0 Å². The fourth-order valence-electron chi connectivity index (χ4n) is 4.45. The van der Waals surface area contributed by atoms with E-state index in [0.717, 1.165) is 74.5 Å². The van der Waals surface area contributed by atoms with Crippen LogP contribution in [0.1, 0.15) is 51.2 Å². The summed E-state index contributed by atoms with van der Waals surface area (Å²) in [4.78, 5) is 7.50. The van der Waals surface area contributed by atoms with Crippen molar-refractivity contribution in [2.75, 3.05) is 19.7 Å². The molecule has 0 N–H and O–H groups in total. The van der Waals surface area contributed by atoms with Gasteiger partial charge < -0.3 is 9.64 Å². The SMILES string of the molecule is C=C/C=C(\C=C(/CC)N=C(CCC1=CC=CC=C=C1)Cc1ccc2c(c1)CCO2)C(=C)N(CC)CC. The molecule has 0 saturated carbocycles. The van der Waals surface area contributed by atoms with Crippen LogP contribution in [0.25, 0.3) is 0 Å². The first-order valence-corrected chi connectivity index (χ1v) is 13.1. The van der Waals surface area contributed by atoms with Crippen LogP contribution in [0, 0.1) is 0 Å². The van der Waals surface area contributed by atoms with Gasteiger partial charge in [0.1, 0.15) is 5.75 Å². The van der Waals surface area contributed by atoms with Gasteiger partial charge in [-0.05, 0) is 79.7 Å². The van der Waals surface area contributed by atoms with Crippen molar-refractivity contribution in [2.24, 2.45) is 4.99 Å².